The minimum atomic E-state index is -2.69. The molecule has 0 N–H and O–H groups in total. The van der Waals surface area contributed by atoms with Gasteiger partial charge in [-0.1, -0.05) is 178 Å². The molecular weight excluding hydrogens is 865 g/mol. The molecule has 0 aliphatic rings. The van der Waals surface area contributed by atoms with E-state index in [0.717, 1.165) is 10.9 Å². The van der Waals surface area contributed by atoms with E-state index in [4.69, 9.17) is 31.7 Å². The third-order valence-electron chi connectivity index (χ3n) is 12.8. The molecule has 3 heterocycles. The highest BCUT2D eigenvalue weighted by Crippen LogP contribution is 2.41. The molecule has 0 fully saturated rings. The van der Waals surface area contributed by atoms with Crippen molar-refractivity contribution in [3.05, 3.63) is 247 Å². The fourth-order valence-corrected chi connectivity index (χ4v) is 9.42. The zero-order valence-corrected chi connectivity index (χ0v) is 38.8. The Morgan fingerprint density at radius 2 is 1.24 bits per heavy atom. The summed E-state index contributed by atoms with van der Waals surface area (Å²) in [5, 5.41) is 1.44. The van der Waals surface area contributed by atoms with Crippen molar-refractivity contribution in [2.45, 2.75) is 39.9 Å². The van der Waals surface area contributed by atoms with Crippen LogP contribution in [-0.2, 0) is 5.41 Å². The van der Waals surface area contributed by atoms with Gasteiger partial charge in [0.05, 0.1) is 47.1 Å². The second-order valence-electron chi connectivity index (χ2n) is 18.3. The lowest BCUT2D eigenvalue weighted by Gasteiger charge is -2.20. The topological polar surface area (TPSA) is 35.9 Å². The van der Waals surface area contributed by atoms with Gasteiger partial charge in [-0.25, -0.2) is 4.98 Å². The molecule has 0 aliphatic carbocycles. The van der Waals surface area contributed by atoms with Crippen LogP contribution in [0.2, 0.25) is 0 Å². The van der Waals surface area contributed by atoms with Crippen molar-refractivity contribution in [3.8, 4) is 73.2 Å². The second-order valence-corrected chi connectivity index (χ2v) is 18.3. The van der Waals surface area contributed by atoms with Crippen molar-refractivity contribution < 1.29 is 31.2 Å². The molecule has 0 bridgehead atoms. The summed E-state index contributed by atoms with van der Waals surface area (Å²) in [7, 11) is 0. The number of hydrogen-bond acceptors (Lipinski definition) is 2. The summed E-state index contributed by atoms with van der Waals surface area (Å²) in [6.45, 7) is 0.941. The van der Waals surface area contributed by atoms with Gasteiger partial charge in [-0.2, -0.15) is 0 Å². The summed E-state index contributed by atoms with van der Waals surface area (Å²) in [6, 6.07) is 40.8. The van der Waals surface area contributed by atoms with Gasteiger partial charge in [0.1, 0.15) is 17.3 Å². The van der Waals surface area contributed by atoms with E-state index in [1.54, 1.807) is 82.1 Å². The van der Waals surface area contributed by atoms with Crippen LogP contribution < -0.4 is 9.30 Å². The van der Waals surface area contributed by atoms with E-state index in [1.165, 1.54) is 0 Å². The summed E-state index contributed by atoms with van der Waals surface area (Å²) < 4.78 is 152. The van der Waals surface area contributed by atoms with Gasteiger partial charge >= 0.3 is 0 Å². The second kappa shape index (κ2) is 17.6. The van der Waals surface area contributed by atoms with Crippen molar-refractivity contribution in [1.82, 2.24) is 14.1 Å². The maximum Gasteiger partial charge on any atom is 0.269 e. The molecule has 0 saturated carbocycles. The SMILES string of the molecule is [2H]c1c([2H])c([2H])c(-c2cccc(-c3c([2H])c([2H])c([2H])c([2H])c3[2H])c2-[n+]2[c-]n(-c3cccc(Oc4ccc5c6cc(-c7c(C([2H])([2H])[2H])cc(-c8ccccc8)cc7C([2H])([2H])[2H])ccc6n(-c6cc(C(C)(C)C)ccn6)c5c4)c3)c3ccccc32)c([2H])c1[2H]. The molecule has 0 spiro atoms. The zero-order valence-electron chi connectivity index (χ0n) is 54.8. The number of imidazole rings is 1. The van der Waals surface area contributed by atoms with Crippen molar-refractivity contribution >= 4 is 32.8 Å². The lowest BCUT2D eigenvalue weighted by Crippen LogP contribution is -2.31. The average Bonchev–Trinajstić information content (AvgIpc) is 1.74. The van der Waals surface area contributed by atoms with E-state index in [-0.39, 0.29) is 50.0 Å². The molecule has 71 heavy (non-hydrogen) atoms. The van der Waals surface area contributed by atoms with Gasteiger partial charge in [-0.05, 0) is 135 Å². The monoisotopic (exact) mass is 933 g/mol. The highest BCUT2D eigenvalue weighted by Gasteiger charge is 2.22. The molecule has 0 unspecified atom stereocenters. The Bertz CT molecular complexity index is 4630. The maximum absolute atomic E-state index is 9.08. The maximum atomic E-state index is 9.08. The van der Waals surface area contributed by atoms with Crippen LogP contribution >= 0.6 is 0 Å². The standard InChI is InChI=1S/C66H52N4O/c1-44-37-50(46-19-9-6-10-20-46)38-45(2)64(44)49-31-34-59-58(39-49)57-33-32-54(42-62(57)70(59)63-40-51(35-36-67-63)66(3,4)5)71-53-26-17-25-52(41-53)68-43-69(61-30-16-15-29-60(61)68)65-55(47-21-11-7-12-22-47)27-18-28-56(65)48-23-13-8-14-24-48/h6-42H,1-5H3/i1D3,2D3,7D,8D,11D,12D,13D,14D,21D,22D,23D,24D. The first-order valence-corrected chi connectivity index (χ1v) is 23.0. The Balaban J connectivity index is 1.02. The van der Waals surface area contributed by atoms with Crippen molar-refractivity contribution in [2.24, 2.45) is 0 Å². The number of para-hydroxylation sites is 3. The van der Waals surface area contributed by atoms with Crippen molar-refractivity contribution in [1.29, 1.82) is 0 Å². The summed E-state index contributed by atoms with van der Waals surface area (Å²) in [4.78, 5) is 4.88. The van der Waals surface area contributed by atoms with Crippen LogP contribution in [0.25, 0.3) is 94.5 Å². The number of hydrogen-bond donors (Lipinski definition) is 0. The molecule has 0 amide bonds. The largest absolute Gasteiger partial charge is 0.458 e. The highest BCUT2D eigenvalue weighted by molar-refractivity contribution is 6.11. The van der Waals surface area contributed by atoms with Crippen LogP contribution in [0, 0.1) is 20.0 Å². The van der Waals surface area contributed by atoms with Gasteiger partial charge in [0.2, 0.25) is 0 Å². The van der Waals surface area contributed by atoms with E-state index < -0.39 is 74.1 Å². The summed E-state index contributed by atoms with van der Waals surface area (Å²) in [5.41, 5.74) is 5.27. The molecular formula is C66H52N4O. The van der Waals surface area contributed by atoms with Crippen LogP contribution in [0.1, 0.15) is 59.4 Å². The lowest BCUT2D eigenvalue weighted by molar-refractivity contribution is -0.571. The van der Waals surface area contributed by atoms with Gasteiger partial charge in [-0.15, -0.1) is 0 Å². The predicted molar refractivity (Wildman–Crippen MR) is 292 cm³/mol. The highest BCUT2D eigenvalue weighted by atomic mass is 16.5. The molecule has 3 aromatic heterocycles. The Morgan fingerprint density at radius 1 is 0.549 bits per heavy atom. The third kappa shape index (κ3) is 7.96. The summed E-state index contributed by atoms with van der Waals surface area (Å²) in [6.07, 6.45) is 5.17. The van der Waals surface area contributed by atoms with Crippen molar-refractivity contribution in [2.75, 3.05) is 0 Å². The normalized spacial score (nSPS) is 15.3. The Morgan fingerprint density at radius 3 is 1.96 bits per heavy atom. The molecule has 5 heteroatoms. The molecule has 0 radical (unpaired) electrons. The number of pyridine rings is 1. The van der Waals surface area contributed by atoms with Crippen LogP contribution in [0.4, 0.5) is 0 Å². The van der Waals surface area contributed by atoms with Crippen LogP contribution in [0.15, 0.2) is 224 Å². The molecule has 0 atom stereocenters. The fraction of sp³-hybridized carbons (Fsp3) is 0.0909. The van der Waals surface area contributed by atoms with E-state index in [0.29, 0.717) is 67.1 Å². The van der Waals surface area contributed by atoms with E-state index in [1.807, 2.05) is 95.6 Å². The van der Waals surface area contributed by atoms with Gasteiger partial charge in [0.25, 0.3) is 6.33 Å². The van der Waals surface area contributed by atoms with Gasteiger partial charge in [0.15, 0.2) is 0 Å². The van der Waals surface area contributed by atoms with Crippen LogP contribution in [-0.4, -0.2) is 14.1 Å². The van der Waals surface area contributed by atoms with E-state index in [9.17, 15) is 0 Å². The number of aromatic nitrogens is 4. The molecule has 342 valence electrons. The molecule has 12 aromatic rings. The number of aryl methyl sites for hydroxylation is 2. The molecule has 0 aliphatic heterocycles. The Labute approximate surface area is 437 Å². The smallest absolute Gasteiger partial charge is 0.269 e. The van der Waals surface area contributed by atoms with Gasteiger partial charge in [-0.3, -0.25) is 13.7 Å². The quantitative estimate of drug-likeness (QED) is 0.107. The number of fused-ring (bicyclic) bond motifs is 4. The Hall–Kier alpha value is -8.80. The Kier molecular flexibility index (Phi) is 7.27. The van der Waals surface area contributed by atoms with Crippen molar-refractivity contribution in [3.63, 3.8) is 0 Å². The minimum Gasteiger partial charge on any atom is -0.458 e. The molecule has 9 aromatic carbocycles. The summed E-state index contributed by atoms with van der Waals surface area (Å²) >= 11 is 0. The predicted octanol–water partition coefficient (Wildman–Crippen LogP) is 16.6. The number of ether oxygens (including phenoxy) is 1. The van der Waals surface area contributed by atoms with E-state index >= 15 is 0 Å². The molecule has 12 rings (SSSR count). The zero-order chi connectivity index (χ0) is 61.9. The number of rotatable bonds is 9. The minimum absolute atomic E-state index is 0.0906. The average molecular weight is 933 g/mol. The van der Waals surface area contributed by atoms with Crippen LogP contribution in [0.5, 0.6) is 11.5 Å². The third-order valence-corrected chi connectivity index (χ3v) is 12.8. The fourth-order valence-electron chi connectivity index (χ4n) is 9.42. The summed E-state index contributed by atoms with van der Waals surface area (Å²) in [5.74, 6) is 1.42. The van der Waals surface area contributed by atoms with Crippen LogP contribution in [0.3, 0.4) is 0 Å². The lowest BCUT2D eigenvalue weighted by atomic mass is 9.88. The first-order chi connectivity index (χ1) is 41.2. The van der Waals surface area contributed by atoms with Gasteiger partial charge in [0, 0.05) is 31.3 Å². The van der Waals surface area contributed by atoms with Gasteiger partial charge < -0.3 is 4.74 Å². The van der Waals surface area contributed by atoms with E-state index in [2.05, 4.69) is 27.1 Å². The first-order valence-electron chi connectivity index (χ1n) is 31.0. The molecule has 0 saturated heterocycles. The first kappa shape index (κ1) is 29.3. The number of nitrogens with zero attached hydrogens (tertiary/aromatic N) is 4. The molecule has 5 nitrogen and oxygen atoms in total. The number of benzene rings is 9.